The largest absolute Gasteiger partial charge is 0.450 e. The Morgan fingerprint density at radius 2 is 2.17 bits per heavy atom. The lowest BCUT2D eigenvalue weighted by Crippen LogP contribution is -2.44. The van der Waals surface area contributed by atoms with E-state index in [4.69, 9.17) is 4.74 Å². The zero-order chi connectivity index (χ0) is 17.3. The van der Waals surface area contributed by atoms with Crippen LogP contribution in [0.4, 0.5) is 4.79 Å². The van der Waals surface area contributed by atoms with Crippen molar-refractivity contribution in [1.29, 1.82) is 0 Å². The molecular formula is C15H21N2O5P. The van der Waals surface area contributed by atoms with Crippen LogP contribution in [0.2, 0.25) is 0 Å². The van der Waals surface area contributed by atoms with Crippen molar-refractivity contribution < 1.29 is 24.0 Å². The molecule has 126 valence electrons. The average molecular weight is 340 g/mol. The molecule has 7 nitrogen and oxygen atoms in total. The van der Waals surface area contributed by atoms with Gasteiger partial charge in [-0.25, -0.2) is 9.59 Å². The van der Waals surface area contributed by atoms with E-state index in [9.17, 15) is 14.7 Å². The molecular weight excluding hydrogens is 319 g/mol. The number of pyridine rings is 1. The van der Waals surface area contributed by atoms with E-state index in [-0.39, 0.29) is 13.0 Å². The van der Waals surface area contributed by atoms with Gasteiger partial charge in [-0.15, -0.1) is 0 Å². The molecule has 1 amide bonds. The third-order valence-electron chi connectivity index (χ3n) is 3.55. The third kappa shape index (κ3) is 3.98. The van der Waals surface area contributed by atoms with Crippen LogP contribution in [-0.4, -0.2) is 45.2 Å². The Hall–Kier alpha value is -1.72. The minimum absolute atomic E-state index is 0.0190. The van der Waals surface area contributed by atoms with E-state index < -0.39 is 29.3 Å². The number of rotatable bonds is 2. The van der Waals surface area contributed by atoms with Crippen LogP contribution in [0.1, 0.15) is 32.8 Å². The number of β-amino-alcohol motifs (C(OH)–C–C–N with tert-alkyl or cyclic N) is 1. The fraction of sp³-hybridized carbons (Fsp3) is 0.533. The molecule has 2 rings (SSSR count). The highest BCUT2D eigenvalue weighted by Gasteiger charge is 2.50. The second kappa shape index (κ2) is 6.42. The topological polar surface area (TPSA) is 89.0 Å². The number of aliphatic hydroxyl groups is 1. The maximum Gasteiger partial charge on any atom is 0.411 e. The Morgan fingerprint density at radius 3 is 2.70 bits per heavy atom. The van der Waals surface area contributed by atoms with Crippen molar-refractivity contribution in [3.63, 3.8) is 0 Å². The summed E-state index contributed by atoms with van der Waals surface area (Å²) in [5.74, 6) is -0.624. The van der Waals surface area contributed by atoms with Crippen molar-refractivity contribution in [1.82, 2.24) is 9.88 Å². The first-order valence-corrected chi connectivity index (χ1v) is 7.66. The Kier molecular flexibility index (Phi) is 4.92. The van der Waals surface area contributed by atoms with Crippen LogP contribution in [0.25, 0.3) is 0 Å². The van der Waals surface area contributed by atoms with Gasteiger partial charge >= 0.3 is 12.1 Å². The Balaban J connectivity index is 2.29. The van der Waals surface area contributed by atoms with Crippen molar-refractivity contribution in [3.8, 4) is 0 Å². The van der Waals surface area contributed by atoms with Crippen molar-refractivity contribution in [2.24, 2.45) is 0 Å². The number of hydrogen-bond acceptors (Lipinski definition) is 6. The highest BCUT2D eigenvalue weighted by molar-refractivity contribution is 7.10. The minimum atomic E-state index is -1.38. The maximum atomic E-state index is 12.4. The van der Waals surface area contributed by atoms with Crippen LogP contribution in [0.3, 0.4) is 0 Å². The zero-order valence-corrected chi connectivity index (χ0v) is 14.5. The first kappa shape index (κ1) is 17.6. The number of amides is 1. The first-order valence-electron chi connectivity index (χ1n) is 7.19. The number of hydrogen-bond donors (Lipinski definition) is 1. The lowest BCUT2D eigenvalue weighted by molar-refractivity contribution is -0.138. The molecule has 1 saturated heterocycles. The summed E-state index contributed by atoms with van der Waals surface area (Å²) >= 11 is 0. The predicted octanol–water partition coefficient (Wildman–Crippen LogP) is 1.61. The molecule has 1 aromatic rings. The van der Waals surface area contributed by atoms with Gasteiger partial charge in [-0.2, -0.15) is 0 Å². The smallest absolute Gasteiger partial charge is 0.411 e. The van der Waals surface area contributed by atoms with Gasteiger partial charge < -0.3 is 14.4 Å². The van der Waals surface area contributed by atoms with E-state index in [1.54, 1.807) is 39.1 Å². The average Bonchev–Trinajstić information content (AvgIpc) is 2.85. The monoisotopic (exact) mass is 340 g/mol. The van der Waals surface area contributed by atoms with Crippen LogP contribution in [0.15, 0.2) is 24.5 Å². The number of carbonyl (C=O) groups is 2. The molecule has 0 saturated carbocycles. The number of ether oxygens (including phenoxy) is 1. The van der Waals surface area contributed by atoms with Crippen LogP contribution in [0.5, 0.6) is 0 Å². The standard InChI is InChI=1S/C15H21N2O5P/c1-14(2,3)21-13(19)17-9-15(20,7-11(17)12(18)22-23)10-5-4-6-16-8-10/h4-6,8,11,20H,7,9,23H2,1-3H3/t11?,15-/m0/s1. The Bertz CT molecular complexity index is 589. The number of likely N-dealkylation sites (tertiary alicyclic amines) is 1. The van der Waals surface area contributed by atoms with E-state index in [1.807, 2.05) is 9.47 Å². The highest BCUT2D eigenvalue weighted by Crippen LogP contribution is 2.37. The molecule has 8 heteroatoms. The minimum Gasteiger partial charge on any atom is -0.450 e. The van der Waals surface area contributed by atoms with Gasteiger partial charge in [-0.3, -0.25) is 9.88 Å². The Labute approximate surface area is 137 Å². The molecule has 2 heterocycles. The van der Waals surface area contributed by atoms with E-state index >= 15 is 0 Å². The van der Waals surface area contributed by atoms with E-state index in [0.29, 0.717) is 5.56 Å². The maximum absolute atomic E-state index is 12.4. The fourth-order valence-corrected chi connectivity index (χ4v) is 2.69. The lowest BCUT2D eigenvalue weighted by atomic mass is 9.92. The van der Waals surface area contributed by atoms with Gasteiger partial charge in [0.1, 0.15) is 17.2 Å². The van der Waals surface area contributed by atoms with Crippen molar-refractivity contribution >= 4 is 21.5 Å². The highest BCUT2D eigenvalue weighted by atomic mass is 31.0. The number of carbonyl (C=O) groups excluding carboxylic acids is 2. The summed E-state index contributed by atoms with van der Waals surface area (Å²) in [4.78, 5) is 29.5. The molecule has 2 unspecified atom stereocenters. The van der Waals surface area contributed by atoms with Crippen LogP contribution in [-0.2, 0) is 19.7 Å². The quantitative estimate of drug-likeness (QED) is 0.823. The summed E-state index contributed by atoms with van der Waals surface area (Å²) in [6.07, 6.45) is 2.45. The van der Waals surface area contributed by atoms with Crippen LogP contribution in [0, 0.1) is 0 Å². The van der Waals surface area contributed by atoms with E-state index in [1.165, 1.54) is 11.1 Å². The van der Waals surface area contributed by atoms with E-state index in [0.717, 1.165) is 0 Å². The molecule has 1 aliphatic rings. The van der Waals surface area contributed by atoms with Gasteiger partial charge in [0, 0.05) is 24.4 Å². The third-order valence-corrected chi connectivity index (χ3v) is 3.79. The number of aromatic nitrogens is 1. The molecule has 1 aliphatic heterocycles. The molecule has 3 atom stereocenters. The Morgan fingerprint density at radius 1 is 1.48 bits per heavy atom. The zero-order valence-electron chi connectivity index (χ0n) is 13.4. The first-order chi connectivity index (χ1) is 10.7. The number of nitrogens with zero attached hydrogens (tertiary/aromatic N) is 2. The molecule has 1 aromatic heterocycles. The van der Waals surface area contributed by atoms with Crippen molar-refractivity contribution in [3.05, 3.63) is 30.1 Å². The van der Waals surface area contributed by atoms with Crippen LogP contribution < -0.4 is 0 Å². The summed E-state index contributed by atoms with van der Waals surface area (Å²) in [5.41, 5.74) is -1.55. The molecule has 1 N–H and O–H groups in total. The molecule has 0 bridgehead atoms. The summed E-state index contributed by atoms with van der Waals surface area (Å²) in [6, 6.07) is 2.47. The van der Waals surface area contributed by atoms with Gasteiger partial charge in [0.2, 0.25) is 0 Å². The second-order valence-corrected chi connectivity index (χ2v) is 6.77. The second-order valence-electron chi connectivity index (χ2n) is 6.54. The SMILES string of the molecule is CC(C)(C)OC(=O)N1C[C@](O)(c2cccnc2)CC1C(=O)OP. The van der Waals surface area contributed by atoms with Gasteiger partial charge in [-0.05, 0) is 26.8 Å². The predicted molar refractivity (Wildman–Crippen MR) is 85.3 cm³/mol. The van der Waals surface area contributed by atoms with Crippen molar-refractivity contribution in [2.45, 2.75) is 44.4 Å². The lowest BCUT2D eigenvalue weighted by Gasteiger charge is -2.27. The van der Waals surface area contributed by atoms with Gasteiger partial charge in [-0.1, -0.05) is 6.07 Å². The van der Waals surface area contributed by atoms with Crippen molar-refractivity contribution in [2.75, 3.05) is 6.54 Å². The normalized spacial score (nSPS) is 24.4. The van der Waals surface area contributed by atoms with Gasteiger partial charge in [0.15, 0.2) is 0 Å². The molecule has 0 aromatic carbocycles. The summed E-state index contributed by atoms with van der Waals surface area (Å²) in [7, 11) is 1.86. The molecule has 23 heavy (non-hydrogen) atoms. The summed E-state index contributed by atoms with van der Waals surface area (Å²) in [6.45, 7) is 5.13. The summed E-state index contributed by atoms with van der Waals surface area (Å²) in [5, 5.41) is 10.9. The fourth-order valence-electron chi connectivity index (χ4n) is 2.54. The summed E-state index contributed by atoms with van der Waals surface area (Å²) < 4.78 is 10.00. The van der Waals surface area contributed by atoms with Gasteiger partial charge in [0.25, 0.3) is 0 Å². The molecule has 1 fully saturated rings. The molecule has 0 radical (unpaired) electrons. The van der Waals surface area contributed by atoms with E-state index in [2.05, 4.69) is 9.51 Å². The van der Waals surface area contributed by atoms with Gasteiger partial charge in [0.05, 0.1) is 16.0 Å². The molecule has 0 spiro atoms. The molecule has 0 aliphatic carbocycles. The van der Waals surface area contributed by atoms with Crippen LogP contribution >= 0.6 is 9.47 Å².